The van der Waals surface area contributed by atoms with Crippen molar-refractivity contribution in [2.45, 2.75) is 39.2 Å². The number of rotatable bonds is 9. The molecule has 0 saturated heterocycles. The standard InChI is InChI=1S/C21H28N2O3S/c1-4-20(18-14-12-17(2)13-15-18)22-21(24)11-8-16-23(27(3,25)26)19-9-6-5-7-10-19/h5-7,9-10,12-15,20H,4,8,11,16H2,1-3H3,(H,22,24). The number of hydrogen-bond donors (Lipinski definition) is 1. The Morgan fingerprint density at radius 2 is 1.70 bits per heavy atom. The van der Waals surface area contributed by atoms with E-state index < -0.39 is 10.0 Å². The Morgan fingerprint density at radius 3 is 2.26 bits per heavy atom. The molecule has 2 aromatic rings. The van der Waals surface area contributed by atoms with Gasteiger partial charge in [0.05, 0.1) is 18.0 Å². The van der Waals surface area contributed by atoms with Crippen LogP contribution in [-0.2, 0) is 14.8 Å². The lowest BCUT2D eigenvalue weighted by atomic mass is 10.0. The summed E-state index contributed by atoms with van der Waals surface area (Å²) in [5.74, 6) is -0.0658. The molecule has 0 aliphatic rings. The lowest BCUT2D eigenvalue weighted by molar-refractivity contribution is -0.121. The van der Waals surface area contributed by atoms with Gasteiger partial charge in [-0.25, -0.2) is 8.42 Å². The quantitative estimate of drug-likeness (QED) is 0.710. The SMILES string of the molecule is CCC(NC(=O)CCCN(c1ccccc1)S(C)(=O)=O)c1ccc(C)cc1. The van der Waals surface area contributed by atoms with Crippen LogP contribution in [0, 0.1) is 6.92 Å². The number of carbonyl (C=O) groups is 1. The maximum Gasteiger partial charge on any atom is 0.232 e. The summed E-state index contributed by atoms with van der Waals surface area (Å²) in [5, 5.41) is 3.05. The number of nitrogens with one attached hydrogen (secondary N) is 1. The summed E-state index contributed by atoms with van der Waals surface area (Å²) in [7, 11) is -3.39. The summed E-state index contributed by atoms with van der Waals surface area (Å²) in [6, 6.07) is 17.1. The van der Waals surface area contributed by atoms with Crippen LogP contribution >= 0.6 is 0 Å². The first-order valence-electron chi connectivity index (χ1n) is 9.20. The van der Waals surface area contributed by atoms with Crippen molar-refractivity contribution >= 4 is 21.6 Å². The van der Waals surface area contributed by atoms with Crippen molar-refractivity contribution < 1.29 is 13.2 Å². The number of aryl methyl sites for hydroxylation is 1. The molecule has 1 amide bonds. The van der Waals surface area contributed by atoms with Gasteiger partial charge in [0.25, 0.3) is 0 Å². The molecule has 0 bridgehead atoms. The van der Waals surface area contributed by atoms with Crippen molar-refractivity contribution in [3.8, 4) is 0 Å². The molecule has 0 aromatic heterocycles. The van der Waals surface area contributed by atoms with Gasteiger partial charge in [0, 0.05) is 13.0 Å². The Labute approximate surface area is 162 Å². The second kappa shape index (κ2) is 9.55. The highest BCUT2D eigenvalue weighted by Gasteiger charge is 2.18. The van der Waals surface area contributed by atoms with E-state index in [1.165, 1.54) is 16.1 Å². The van der Waals surface area contributed by atoms with E-state index in [1.54, 1.807) is 24.3 Å². The normalized spacial score (nSPS) is 12.4. The van der Waals surface area contributed by atoms with Crippen LogP contribution in [0.4, 0.5) is 5.69 Å². The Kier molecular flexibility index (Phi) is 7.42. The van der Waals surface area contributed by atoms with E-state index >= 15 is 0 Å². The number of sulfonamides is 1. The molecule has 0 heterocycles. The average molecular weight is 389 g/mol. The maximum atomic E-state index is 12.3. The van der Waals surface area contributed by atoms with Crippen LogP contribution in [-0.4, -0.2) is 27.1 Å². The van der Waals surface area contributed by atoms with Crippen LogP contribution < -0.4 is 9.62 Å². The summed E-state index contributed by atoms with van der Waals surface area (Å²) in [6.07, 6.45) is 2.72. The van der Waals surface area contributed by atoms with Crippen molar-refractivity contribution in [2.75, 3.05) is 17.1 Å². The van der Waals surface area contributed by atoms with E-state index in [-0.39, 0.29) is 24.9 Å². The van der Waals surface area contributed by atoms with Gasteiger partial charge in [0.1, 0.15) is 0 Å². The molecular formula is C21H28N2O3S. The molecule has 0 aliphatic heterocycles. The van der Waals surface area contributed by atoms with Gasteiger partial charge in [-0.05, 0) is 37.5 Å². The molecule has 0 spiro atoms. The molecule has 0 fully saturated rings. The van der Waals surface area contributed by atoms with Crippen molar-refractivity contribution in [1.82, 2.24) is 5.32 Å². The lowest BCUT2D eigenvalue weighted by Gasteiger charge is -2.22. The molecule has 1 unspecified atom stereocenters. The van der Waals surface area contributed by atoms with Crippen molar-refractivity contribution in [3.63, 3.8) is 0 Å². The Bertz CT molecular complexity index is 833. The number of para-hydroxylation sites is 1. The van der Waals surface area contributed by atoms with Gasteiger partial charge in [-0.1, -0.05) is 55.0 Å². The molecule has 27 heavy (non-hydrogen) atoms. The van der Waals surface area contributed by atoms with Gasteiger partial charge in [0.2, 0.25) is 15.9 Å². The fourth-order valence-corrected chi connectivity index (χ4v) is 3.92. The minimum atomic E-state index is -3.39. The van der Waals surface area contributed by atoms with Crippen LogP contribution in [0.1, 0.15) is 43.4 Å². The van der Waals surface area contributed by atoms with E-state index in [0.717, 1.165) is 12.0 Å². The van der Waals surface area contributed by atoms with Crippen molar-refractivity contribution in [1.29, 1.82) is 0 Å². The molecule has 1 N–H and O–H groups in total. The van der Waals surface area contributed by atoms with Crippen LogP contribution in [0.3, 0.4) is 0 Å². The number of carbonyl (C=O) groups excluding carboxylic acids is 1. The van der Waals surface area contributed by atoms with Gasteiger partial charge in [0.15, 0.2) is 0 Å². The average Bonchev–Trinajstić information content (AvgIpc) is 2.64. The molecule has 5 nitrogen and oxygen atoms in total. The molecule has 6 heteroatoms. The number of amides is 1. The number of benzene rings is 2. The summed E-state index contributed by atoms with van der Waals surface area (Å²) in [6.45, 7) is 4.34. The van der Waals surface area contributed by atoms with Crippen LogP contribution in [0.15, 0.2) is 54.6 Å². The minimum absolute atomic E-state index is 0.0294. The zero-order chi connectivity index (χ0) is 19.9. The summed E-state index contributed by atoms with van der Waals surface area (Å²) in [4.78, 5) is 12.3. The number of hydrogen-bond acceptors (Lipinski definition) is 3. The predicted octanol–water partition coefficient (Wildman–Crippen LogP) is 3.81. The van der Waals surface area contributed by atoms with Gasteiger partial charge in [-0.3, -0.25) is 9.10 Å². The topological polar surface area (TPSA) is 66.5 Å². The molecule has 0 aliphatic carbocycles. The van der Waals surface area contributed by atoms with Gasteiger partial charge in [-0.2, -0.15) is 0 Å². The fourth-order valence-electron chi connectivity index (χ4n) is 2.95. The van der Waals surface area contributed by atoms with E-state index in [0.29, 0.717) is 12.1 Å². The first kappa shape index (κ1) is 21.0. The van der Waals surface area contributed by atoms with Crippen LogP contribution in [0.25, 0.3) is 0 Å². The maximum absolute atomic E-state index is 12.3. The van der Waals surface area contributed by atoms with Gasteiger partial charge < -0.3 is 5.32 Å². The molecular weight excluding hydrogens is 360 g/mol. The second-order valence-electron chi connectivity index (χ2n) is 6.71. The molecule has 2 rings (SSSR count). The predicted molar refractivity (Wildman–Crippen MR) is 110 cm³/mol. The summed E-state index contributed by atoms with van der Waals surface area (Å²) in [5.41, 5.74) is 2.88. The Hall–Kier alpha value is -2.34. The third kappa shape index (κ3) is 6.40. The van der Waals surface area contributed by atoms with Gasteiger partial charge >= 0.3 is 0 Å². The third-order valence-corrected chi connectivity index (χ3v) is 5.63. The largest absolute Gasteiger partial charge is 0.349 e. The Morgan fingerprint density at radius 1 is 1.07 bits per heavy atom. The lowest BCUT2D eigenvalue weighted by Crippen LogP contribution is -2.32. The third-order valence-electron chi connectivity index (χ3n) is 4.43. The van der Waals surface area contributed by atoms with E-state index in [9.17, 15) is 13.2 Å². The fraction of sp³-hybridized carbons (Fsp3) is 0.381. The zero-order valence-electron chi connectivity index (χ0n) is 16.2. The first-order valence-corrected chi connectivity index (χ1v) is 11.0. The highest BCUT2D eigenvalue weighted by Crippen LogP contribution is 2.19. The minimum Gasteiger partial charge on any atom is -0.349 e. The molecule has 146 valence electrons. The molecule has 1 atom stereocenters. The Balaban J connectivity index is 1.92. The highest BCUT2D eigenvalue weighted by atomic mass is 32.2. The van der Waals surface area contributed by atoms with Crippen molar-refractivity contribution in [3.05, 3.63) is 65.7 Å². The molecule has 2 aromatic carbocycles. The van der Waals surface area contributed by atoms with E-state index in [2.05, 4.69) is 5.32 Å². The monoisotopic (exact) mass is 388 g/mol. The smallest absolute Gasteiger partial charge is 0.232 e. The number of nitrogens with zero attached hydrogens (tertiary/aromatic N) is 1. The highest BCUT2D eigenvalue weighted by molar-refractivity contribution is 7.92. The molecule has 0 radical (unpaired) electrons. The van der Waals surface area contributed by atoms with Crippen LogP contribution in [0.5, 0.6) is 0 Å². The summed E-state index contributed by atoms with van der Waals surface area (Å²) < 4.78 is 25.5. The number of anilines is 1. The van der Waals surface area contributed by atoms with E-state index in [1.807, 2.05) is 44.2 Å². The van der Waals surface area contributed by atoms with Crippen molar-refractivity contribution in [2.24, 2.45) is 0 Å². The molecule has 0 saturated carbocycles. The van der Waals surface area contributed by atoms with E-state index in [4.69, 9.17) is 0 Å². The zero-order valence-corrected chi connectivity index (χ0v) is 17.0. The summed E-state index contributed by atoms with van der Waals surface area (Å²) >= 11 is 0. The van der Waals surface area contributed by atoms with Crippen LogP contribution in [0.2, 0.25) is 0 Å². The van der Waals surface area contributed by atoms with Gasteiger partial charge in [-0.15, -0.1) is 0 Å². The first-order chi connectivity index (χ1) is 12.8. The second-order valence-corrected chi connectivity index (χ2v) is 8.62.